The molecule has 0 saturated heterocycles. The molecule has 3 rings (SSSR count). The fraction of sp³-hybridized carbons (Fsp3) is 0.250. The summed E-state index contributed by atoms with van der Waals surface area (Å²) in [4.78, 5) is 33.8. The summed E-state index contributed by atoms with van der Waals surface area (Å²) in [6.07, 6.45) is 0. The number of pyridine rings is 1. The van der Waals surface area contributed by atoms with Crippen LogP contribution in [0.25, 0.3) is 22.0 Å². The molecule has 2 aromatic heterocycles. The maximum absolute atomic E-state index is 12.4. The molecule has 0 saturated carbocycles. The monoisotopic (exact) mass is 357 g/mol. The Morgan fingerprint density at radius 2 is 1.69 bits per heavy atom. The van der Waals surface area contributed by atoms with Crippen LogP contribution in [0.4, 0.5) is 11.4 Å². The van der Waals surface area contributed by atoms with Crippen LogP contribution in [0.3, 0.4) is 0 Å². The molecule has 0 aliphatic rings. The lowest BCUT2D eigenvalue weighted by molar-refractivity contribution is -0.393. The van der Waals surface area contributed by atoms with Gasteiger partial charge in [0.2, 0.25) is 0 Å². The number of non-ortho nitro benzene ring substituents is 2. The van der Waals surface area contributed by atoms with Gasteiger partial charge in [0.1, 0.15) is 5.52 Å². The van der Waals surface area contributed by atoms with Crippen molar-refractivity contribution in [3.8, 4) is 11.1 Å². The number of nitrogens with zero attached hydrogens (tertiary/aromatic N) is 5. The Labute approximate surface area is 146 Å². The van der Waals surface area contributed by atoms with E-state index in [0.717, 1.165) is 16.3 Å². The van der Waals surface area contributed by atoms with Crippen molar-refractivity contribution in [3.63, 3.8) is 0 Å². The predicted molar refractivity (Wildman–Crippen MR) is 94.2 cm³/mol. The summed E-state index contributed by atoms with van der Waals surface area (Å²) in [6.45, 7) is 3.54. The molecule has 10 heteroatoms. The van der Waals surface area contributed by atoms with Gasteiger partial charge >= 0.3 is 0 Å². The van der Waals surface area contributed by atoms with Crippen molar-refractivity contribution in [3.05, 3.63) is 60.2 Å². The van der Waals surface area contributed by atoms with Crippen LogP contribution in [0.2, 0.25) is 0 Å². The number of aromatic nitrogens is 3. The lowest BCUT2D eigenvalue weighted by Crippen LogP contribution is -2.17. The second-order valence-corrected chi connectivity index (χ2v) is 6.00. The van der Waals surface area contributed by atoms with E-state index in [0.29, 0.717) is 16.8 Å². The third-order valence-electron chi connectivity index (χ3n) is 4.48. The van der Waals surface area contributed by atoms with Gasteiger partial charge in [-0.05, 0) is 13.8 Å². The van der Waals surface area contributed by atoms with Crippen molar-refractivity contribution in [2.75, 3.05) is 0 Å². The molecule has 3 aromatic rings. The molecule has 0 spiro atoms. The second-order valence-electron chi connectivity index (χ2n) is 6.00. The Hall–Kier alpha value is -3.56. The summed E-state index contributed by atoms with van der Waals surface area (Å²) in [5.74, 6) is 0. The Kier molecular flexibility index (Phi) is 3.82. The maximum atomic E-state index is 12.4. The van der Waals surface area contributed by atoms with Crippen molar-refractivity contribution < 1.29 is 9.85 Å². The first-order valence-electron chi connectivity index (χ1n) is 7.60. The van der Waals surface area contributed by atoms with Crippen molar-refractivity contribution in [2.45, 2.75) is 13.8 Å². The maximum Gasteiger partial charge on any atom is 0.300 e. The molecule has 0 N–H and O–H groups in total. The van der Waals surface area contributed by atoms with Gasteiger partial charge in [-0.15, -0.1) is 0 Å². The first-order valence-corrected chi connectivity index (χ1v) is 7.60. The van der Waals surface area contributed by atoms with Gasteiger partial charge in [0, 0.05) is 48.4 Å². The second kappa shape index (κ2) is 5.76. The zero-order valence-corrected chi connectivity index (χ0v) is 14.5. The molecular formula is C16H15N5O5. The van der Waals surface area contributed by atoms with E-state index in [1.807, 2.05) is 0 Å². The molecule has 1 aromatic carbocycles. The number of benzene rings is 1. The van der Waals surface area contributed by atoms with Gasteiger partial charge in [-0.2, -0.15) is 5.10 Å². The third kappa shape index (κ3) is 2.42. The summed E-state index contributed by atoms with van der Waals surface area (Å²) in [6, 6.07) is 3.45. The lowest BCUT2D eigenvalue weighted by Gasteiger charge is -2.11. The van der Waals surface area contributed by atoms with Gasteiger partial charge in [0.05, 0.1) is 21.6 Å². The van der Waals surface area contributed by atoms with E-state index in [1.54, 1.807) is 25.6 Å². The van der Waals surface area contributed by atoms with Crippen molar-refractivity contribution in [2.24, 2.45) is 14.1 Å². The minimum absolute atomic E-state index is 0.0331. The number of fused-ring (bicyclic) bond motifs is 1. The lowest BCUT2D eigenvalue weighted by atomic mass is 9.98. The Morgan fingerprint density at radius 1 is 1.04 bits per heavy atom. The molecule has 0 radical (unpaired) electrons. The normalized spacial score (nSPS) is 11.1. The number of aryl methyl sites for hydroxylation is 3. The van der Waals surface area contributed by atoms with Crippen LogP contribution in [0, 0.1) is 34.1 Å². The van der Waals surface area contributed by atoms with E-state index in [9.17, 15) is 25.0 Å². The minimum Gasteiger partial charge on any atom is -0.305 e. The third-order valence-corrected chi connectivity index (χ3v) is 4.48. The fourth-order valence-electron chi connectivity index (χ4n) is 3.19. The summed E-state index contributed by atoms with van der Waals surface area (Å²) in [5.41, 5.74) is 1.05. The van der Waals surface area contributed by atoms with Crippen molar-refractivity contribution in [1.82, 2.24) is 14.3 Å². The first-order chi connectivity index (χ1) is 12.1. The minimum atomic E-state index is -0.721. The van der Waals surface area contributed by atoms with Gasteiger partial charge in [-0.3, -0.25) is 29.7 Å². The van der Waals surface area contributed by atoms with Crippen LogP contribution in [0.15, 0.2) is 23.0 Å². The molecule has 0 fully saturated rings. The molecule has 2 heterocycles. The SMILES string of the molecule is Cc1nn(C)c(C)c1-c1cc(=O)n(C)c2c([N+](=O)[O-])cc([N+](=O)[O-])cc12. The highest BCUT2D eigenvalue weighted by Gasteiger charge is 2.26. The van der Waals surface area contributed by atoms with Gasteiger partial charge in [-0.25, -0.2) is 0 Å². The molecule has 134 valence electrons. The highest BCUT2D eigenvalue weighted by Crippen LogP contribution is 2.37. The van der Waals surface area contributed by atoms with Gasteiger partial charge in [0.25, 0.3) is 16.9 Å². The average Bonchev–Trinajstić information content (AvgIpc) is 2.82. The molecule has 0 bridgehead atoms. The zero-order chi connectivity index (χ0) is 19.3. The van der Waals surface area contributed by atoms with E-state index in [4.69, 9.17) is 0 Å². The van der Waals surface area contributed by atoms with Crippen molar-refractivity contribution in [1.29, 1.82) is 0 Å². The topological polar surface area (TPSA) is 126 Å². The van der Waals surface area contributed by atoms with Gasteiger partial charge < -0.3 is 4.57 Å². The molecule has 0 aliphatic heterocycles. The van der Waals surface area contributed by atoms with Crippen molar-refractivity contribution >= 4 is 22.3 Å². The van der Waals surface area contributed by atoms with E-state index in [2.05, 4.69) is 5.10 Å². The number of hydrogen-bond donors (Lipinski definition) is 0. The molecule has 0 aliphatic carbocycles. The number of hydrogen-bond acceptors (Lipinski definition) is 6. The largest absolute Gasteiger partial charge is 0.305 e. The van der Waals surface area contributed by atoms with E-state index in [-0.39, 0.29) is 10.9 Å². The molecule has 0 unspecified atom stereocenters. The van der Waals surface area contributed by atoms with E-state index >= 15 is 0 Å². The standard InChI is InChI=1S/C16H15N5O5/c1-8-15(9(2)19(4)17-8)11-7-14(22)18(3)16-12(11)5-10(20(23)24)6-13(16)21(25)26/h5-7H,1-4H3. The van der Waals surface area contributed by atoms with Crippen LogP contribution >= 0.6 is 0 Å². The quantitative estimate of drug-likeness (QED) is 0.523. The van der Waals surface area contributed by atoms with Crippen LogP contribution in [0.1, 0.15) is 11.4 Å². The van der Waals surface area contributed by atoms with Crippen LogP contribution in [-0.4, -0.2) is 24.2 Å². The van der Waals surface area contributed by atoms with E-state index < -0.39 is 26.8 Å². The summed E-state index contributed by atoms with van der Waals surface area (Å²) in [7, 11) is 3.14. The highest BCUT2D eigenvalue weighted by atomic mass is 16.6. The fourth-order valence-corrected chi connectivity index (χ4v) is 3.19. The summed E-state index contributed by atoms with van der Waals surface area (Å²) < 4.78 is 2.75. The van der Waals surface area contributed by atoms with E-state index in [1.165, 1.54) is 19.2 Å². The molecular weight excluding hydrogens is 342 g/mol. The molecule has 10 nitrogen and oxygen atoms in total. The van der Waals surface area contributed by atoms with Crippen LogP contribution < -0.4 is 5.56 Å². The van der Waals surface area contributed by atoms with Crippen LogP contribution in [0.5, 0.6) is 0 Å². The van der Waals surface area contributed by atoms with Gasteiger partial charge in [0.15, 0.2) is 0 Å². The number of rotatable bonds is 3. The Balaban J connectivity index is 2.60. The highest BCUT2D eigenvalue weighted by molar-refractivity contribution is 6.01. The average molecular weight is 357 g/mol. The number of nitro groups is 2. The summed E-state index contributed by atoms with van der Waals surface area (Å²) in [5, 5.41) is 27.3. The Morgan fingerprint density at radius 3 is 2.19 bits per heavy atom. The molecule has 0 atom stereocenters. The number of nitro benzene ring substituents is 2. The first kappa shape index (κ1) is 17.3. The van der Waals surface area contributed by atoms with Gasteiger partial charge in [-0.1, -0.05) is 0 Å². The molecule has 0 amide bonds. The van der Waals surface area contributed by atoms with Crippen LogP contribution in [-0.2, 0) is 14.1 Å². The Bertz CT molecular complexity index is 1160. The summed E-state index contributed by atoms with van der Waals surface area (Å²) >= 11 is 0. The predicted octanol–water partition coefficient (Wildman–Crippen LogP) is 2.37. The molecule has 26 heavy (non-hydrogen) atoms. The zero-order valence-electron chi connectivity index (χ0n) is 14.5. The smallest absolute Gasteiger partial charge is 0.300 e.